The first-order valence-electron chi connectivity index (χ1n) is 13.6. The summed E-state index contributed by atoms with van der Waals surface area (Å²) in [5, 5.41) is 36.2. The molecule has 3 aromatic rings. The fraction of sp³-hybridized carbons (Fsp3) is 0.267. The average molecular weight is 945 g/mol. The van der Waals surface area contributed by atoms with Crippen molar-refractivity contribution in [1.82, 2.24) is 5.32 Å². The number of benzene rings is 3. The van der Waals surface area contributed by atoms with E-state index in [1.165, 1.54) is 12.1 Å². The summed E-state index contributed by atoms with van der Waals surface area (Å²) in [7, 11) is -3.71. The number of nitriles is 1. The van der Waals surface area contributed by atoms with Crippen LogP contribution in [-0.4, -0.2) is 75.8 Å². The molecule has 0 amide bonds. The van der Waals surface area contributed by atoms with Crippen molar-refractivity contribution in [3.63, 3.8) is 0 Å². The smallest absolute Gasteiger partial charge is 0.416 e. The molecule has 0 heterocycles. The van der Waals surface area contributed by atoms with Gasteiger partial charge in [-0.05, 0) is 98.2 Å². The summed E-state index contributed by atoms with van der Waals surface area (Å²) in [6.07, 6.45) is -0.0815. The highest BCUT2D eigenvalue weighted by Gasteiger charge is 2.31. The number of phenolic OH excluding ortho intramolecular Hbond substituents is 1. The van der Waals surface area contributed by atoms with Crippen LogP contribution in [0, 0.1) is 11.3 Å². The first kappa shape index (κ1) is 49.0. The molecular weight excluding hydrogens is 915 g/mol. The van der Waals surface area contributed by atoms with Gasteiger partial charge in [-0.1, -0.05) is 23.2 Å². The van der Waals surface area contributed by atoms with Gasteiger partial charge in [0.2, 0.25) is 0 Å². The zero-order chi connectivity index (χ0) is 40.6. The zero-order valence-corrected chi connectivity index (χ0v) is 33.6. The number of rotatable bonds is 9. The highest BCUT2D eigenvalue weighted by Crippen LogP contribution is 2.37. The van der Waals surface area contributed by atoms with Crippen LogP contribution in [0.3, 0.4) is 0 Å². The second-order valence-electron chi connectivity index (χ2n) is 10.0. The Morgan fingerprint density at radius 1 is 1.04 bits per heavy atom. The predicted molar refractivity (Wildman–Crippen MR) is 194 cm³/mol. The number of carboxylic acids is 2. The first-order chi connectivity index (χ1) is 23.8. The maximum atomic E-state index is 12.7. The largest absolute Gasteiger partial charge is 0.778 e. The van der Waals surface area contributed by atoms with Crippen LogP contribution >= 0.6 is 62.7 Å². The van der Waals surface area contributed by atoms with Crippen molar-refractivity contribution in [2.24, 2.45) is 0 Å². The first-order valence-corrected chi connectivity index (χ1v) is 20.1. The maximum Gasteiger partial charge on any atom is 0.416 e. The average Bonchev–Trinajstić information content (AvgIpc) is 3.00. The molecule has 5 N–H and O–H groups in total. The molecule has 0 radical (unpaired) electrons. The lowest BCUT2D eigenvalue weighted by molar-refractivity contribution is -0.193. The van der Waals surface area contributed by atoms with Crippen molar-refractivity contribution >= 4 is 91.5 Å². The van der Waals surface area contributed by atoms with E-state index in [2.05, 4.69) is 50.6 Å². The maximum absolute atomic E-state index is 12.7. The Hall–Kier alpha value is -3.05. The summed E-state index contributed by atoms with van der Waals surface area (Å²) in [5.41, 5.74) is -0.616. The minimum absolute atomic E-state index is 0.0246. The lowest BCUT2D eigenvalue weighted by Gasteiger charge is -2.14. The number of hydrogen-bond acceptors (Lipinski definition) is 10. The predicted octanol–water partition coefficient (Wildman–Crippen LogP) is 6.88. The summed E-state index contributed by atoms with van der Waals surface area (Å²) in [5.74, 6) is -3.44. The highest BCUT2D eigenvalue weighted by atomic mass is 79.9. The van der Waals surface area contributed by atoms with Crippen molar-refractivity contribution in [1.29, 1.82) is 5.26 Å². The van der Waals surface area contributed by atoms with Crippen LogP contribution in [0.1, 0.15) is 28.4 Å². The van der Waals surface area contributed by atoms with E-state index in [1.807, 2.05) is 11.4 Å². The molecule has 0 aliphatic carbocycles. The Morgan fingerprint density at radius 3 is 2.00 bits per heavy atom. The van der Waals surface area contributed by atoms with Gasteiger partial charge in [0.1, 0.15) is 24.8 Å². The third-order valence-corrected chi connectivity index (χ3v) is 7.47. The number of aliphatic carboxylic acids is 2. The van der Waals surface area contributed by atoms with Gasteiger partial charge in [0.15, 0.2) is 6.10 Å². The van der Waals surface area contributed by atoms with E-state index in [0.717, 1.165) is 25.1 Å². The second-order valence-corrected chi connectivity index (χ2v) is 16.6. The molecule has 0 aliphatic rings. The summed E-state index contributed by atoms with van der Waals surface area (Å²) in [6, 6.07) is 11.4. The van der Waals surface area contributed by atoms with Gasteiger partial charge >= 0.3 is 24.1 Å². The van der Waals surface area contributed by atoms with E-state index in [0.29, 0.717) is 31.5 Å². The molecule has 3 rings (SSSR count). The fourth-order valence-corrected chi connectivity index (χ4v) is 4.81. The molecule has 0 aromatic heterocycles. The summed E-state index contributed by atoms with van der Waals surface area (Å²) in [4.78, 5) is 50.6. The van der Waals surface area contributed by atoms with Crippen LogP contribution < -0.4 is 14.9 Å². The number of nitrogens with zero attached hydrogens (tertiary/aromatic N) is 1. The van der Waals surface area contributed by atoms with Crippen LogP contribution in [0.15, 0.2) is 57.5 Å². The van der Waals surface area contributed by atoms with Gasteiger partial charge in [0.25, 0.3) is 0 Å². The summed E-state index contributed by atoms with van der Waals surface area (Å²) in [6.45, 7) is 0.684. The molecule has 0 saturated heterocycles. The number of nitrogens with one attached hydrogen (secondary N) is 1. The molecule has 0 spiro atoms. The van der Waals surface area contributed by atoms with Gasteiger partial charge in [-0.25, -0.2) is 9.59 Å². The number of carbonyl (C=O) groups is 3. The number of alkyl halides is 3. The molecule has 0 bridgehead atoms. The number of phenols is 1. The Balaban J connectivity index is 0.000000849. The van der Waals surface area contributed by atoms with Crippen molar-refractivity contribution < 1.29 is 66.7 Å². The monoisotopic (exact) mass is 942 g/mol. The number of aromatic hydroxyl groups is 1. The van der Waals surface area contributed by atoms with Crippen molar-refractivity contribution in [2.45, 2.75) is 19.2 Å². The van der Waals surface area contributed by atoms with E-state index in [4.69, 9.17) is 53.0 Å². The van der Waals surface area contributed by atoms with E-state index in [1.54, 1.807) is 12.1 Å². The van der Waals surface area contributed by atoms with Gasteiger partial charge in [0.05, 0.1) is 73.3 Å². The van der Waals surface area contributed by atoms with E-state index >= 15 is 0 Å². The van der Waals surface area contributed by atoms with Gasteiger partial charge in [-0.3, -0.25) is 10.1 Å². The van der Waals surface area contributed by atoms with Gasteiger partial charge in [-0.2, -0.15) is 18.4 Å². The standard InChI is InChI=1S/C17H11Cl2F3O5.C7H3Br2NO.C3H8NO5P.C3H9S/c1-8(15(23)24)26-16(25)11-7-10(3-4-12(11)18)27-14-5-2-9(6-13(14)19)17(20,21)22;8-5-1-4(3-10)2-6(9)7(5)11;5-3(6)1-4-2-10(7,8)9;1-4(2)3/h2-8H,1H3,(H,23,24);1-2,11H;4H,1-2H2,(H,5,6)(H2,7,8,9);1-3H3/q;;;+1/p-1/t8-;;;/m0.../s1. The van der Waals surface area contributed by atoms with E-state index < -0.39 is 56.2 Å². The molecule has 1 unspecified atom stereocenters. The Bertz CT molecular complexity index is 1770. The molecule has 2 atom stereocenters. The third-order valence-electron chi connectivity index (χ3n) is 5.01. The Kier molecular flexibility index (Phi) is 21.5. The molecule has 0 aliphatic heterocycles. The van der Waals surface area contributed by atoms with Gasteiger partial charge in [0, 0.05) is 0 Å². The third kappa shape index (κ3) is 20.3. The zero-order valence-electron chi connectivity index (χ0n) is 27.2. The Morgan fingerprint density at radius 2 is 1.58 bits per heavy atom. The van der Waals surface area contributed by atoms with Gasteiger partial charge < -0.3 is 39.1 Å². The number of halogens is 7. The number of carboxylic acid groups (broad SMARTS) is 2. The minimum atomic E-state index is -4.56. The van der Waals surface area contributed by atoms with E-state index in [-0.39, 0.29) is 32.9 Å². The quantitative estimate of drug-likeness (QED) is 0.0839. The Labute approximate surface area is 325 Å². The number of ether oxygens (including phenoxy) is 2. The normalized spacial score (nSPS) is 12.2. The lowest BCUT2D eigenvalue weighted by Crippen LogP contribution is -2.25. The van der Waals surface area contributed by atoms with Crippen molar-refractivity contribution in [3.05, 3.63) is 84.2 Å². The lowest BCUT2D eigenvalue weighted by atomic mass is 10.2. The van der Waals surface area contributed by atoms with Crippen LogP contribution in [-0.2, 0) is 36.0 Å². The molecule has 0 fully saturated rings. The van der Waals surface area contributed by atoms with Crippen LogP contribution in [0.5, 0.6) is 17.2 Å². The molecule has 52 heavy (non-hydrogen) atoms. The second kappa shape index (κ2) is 22.9. The van der Waals surface area contributed by atoms with Crippen molar-refractivity contribution in [2.75, 3.05) is 31.6 Å². The van der Waals surface area contributed by atoms with Crippen LogP contribution in [0.2, 0.25) is 10.0 Å². The topological polar surface area (TPSA) is 227 Å². The number of carbonyl (C=O) groups excluding carboxylic acids is 1. The van der Waals surface area contributed by atoms with Crippen molar-refractivity contribution in [3.8, 4) is 23.3 Å². The minimum Gasteiger partial charge on any atom is -0.778 e. The molecule has 13 nitrogen and oxygen atoms in total. The highest BCUT2D eigenvalue weighted by molar-refractivity contribution is 9.11. The fourth-order valence-electron chi connectivity index (χ4n) is 2.82. The molecule has 0 saturated carbocycles. The van der Waals surface area contributed by atoms with Crippen LogP contribution in [0.4, 0.5) is 13.2 Å². The number of esters is 1. The molecule has 3 aromatic carbocycles. The molecular formula is C30H30Br2Cl2F3N2O11PS. The van der Waals surface area contributed by atoms with Gasteiger partial charge in [-0.15, -0.1) is 0 Å². The number of hydrogen-bond donors (Lipinski definition) is 5. The summed E-state index contributed by atoms with van der Waals surface area (Å²) < 4.78 is 59.1. The van der Waals surface area contributed by atoms with Crippen LogP contribution in [0.25, 0.3) is 0 Å². The summed E-state index contributed by atoms with van der Waals surface area (Å²) >= 11 is 17.9. The molecule has 286 valence electrons. The molecule has 22 heteroatoms. The SMILES string of the molecule is C[C@H](OC(=O)c1cc(Oc2ccc(C(F)(F)F)cc2Cl)ccc1Cl)C(=O)O.C[S+](C)C.N#Cc1cc(Br)c(O)c(Br)c1.O=C(O)CNCP(=O)([O-])O. The van der Waals surface area contributed by atoms with E-state index in [9.17, 15) is 42.1 Å².